The Morgan fingerprint density at radius 2 is 1.88 bits per heavy atom. The van der Waals surface area contributed by atoms with Crippen LogP contribution in [0.5, 0.6) is 0 Å². The van der Waals surface area contributed by atoms with Crippen LogP contribution in [0.25, 0.3) is 5.69 Å². The summed E-state index contributed by atoms with van der Waals surface area (Å²) in [6.45, 7) is 8.68. The molecule has 0 radical (unpaired) electrons. The number of carbonyl (C=O) groups is 1. The van der Waals surface area contributed by atoms with Crippen LogP contribution in [0.4, 0.5) is 0 Å². The smallest absolute Gasteiger partial charge is 0.223 e. The standard InChI is InChI=1S/C18H27N5O/c1-5-7-15(8-6-2)18(24)19-12-17-20-21-22-23(17)16-10-9-13(3)14(4)11-16/h9-11,15H,5-8,12H2,1-4H3,(H,19,24). The molecule has 2 aromatic rings. The number of benzene rings is 1. The average Bonchev–Trinajstić information content (AvgIpc) is 3.03. The van der Waals surface area contributed by atoms with E-state index in [1.807, 2.05) is 18.2 Å². The van der Waals surface area contributed by atoms with Gasteiger partial charge in [-0.15, -0.1) is 5.10 Å². The van der Waals surface area contributed by atoms with Crippen LogP contribution in [0.15, 0.2) is 18.2 Å². The van der Waals surface area contributed by atoms with Gasteiger partial charge in [-0.2, -0.15) is 4.68 Å². The topological polar surface area (TPSA) is 72.7 Å². The number of rotatable bonds is 8. The Hall–Kier alpha value is -2.24. The molecular weight excluding hydrogens is 302 g/mol. The zero-order valence-corrected chi connectivity index (χ0v) is 15.0. The highest BCUT2D eigenvalue weighted by molar-refractivity contribution is 5.78. The molecule has 0 spiro atoms. The van der Waals surface area contributed by atoms with E-state index < -0.39 is 0 Å². The minimum absolute atomic E-state index is 0.0750. The van der Waals surface area contributed by atoms with Crippen molar-refractivity contribution in [3.63, 3.8) is 0 Å². The number of tetrazole rings is 1. The summed E-state index contributed by atoms with van der Waals surface area (Å²) in [5.41, 5.74) is 3.32. The molecule has 1 heterocycles. The van der Waals surface area contributed by atoms with Crippen LogP contribution < -0.4 is 5.32 Å². The largest absolute Gasteiger partial charge is 0.348 e. The van der Waals surface area contributed by atoms with E-state index in [1.165, 1.54) is 11.1 Å². The number of nitrogens with zero attached hydrogens (tertiary/aromatic N) is 4. The van der Waals surface area contributed by atoms with Gasteiger partial charge in [0, 0.05) is 5.92 Å². The van der Waals surface area contributed by atoms with Crippen molar-refractivity contribution in [2.75, 3.05) is 0 Å². The Morgan fingerprint density at radius 1 is 1.17 bits per heavy atom. The zero-order chi connectivity index (χ0) is 17.5. The third-order valence-corrected chi connectivity index (χ3v) is 4.33. The van der Waals surface area contributed by atoms with Gasteiger partial charge < -0.3 is 5.32 Å². The SMILES string of the molecule is CCCC(CCC)C(=O)NCc1nnnn1-c1ccc(C)c(C)c1. The normalized spacial score (nSPS) is 11.0. The second kappa shape index (κ2) is 8.57. The average molecular weight is 329 g/mol. The van der Waals surface area contributed by atoms with Crippen molar-refractivity contribution >= 4 is 5.91 Å². The molecule has 1 aromatic carbocycles. The van der Waals surface area contributed by atoms with Crippen molar-refractivity contribution in [1.29, 1.82) is 0 Å². The van der Waals surface area contributed by atoms with Gasteiger partial charge in [-0.25, -0.2) is 0 Å². The number of carbonyl (C=O) groups excluding carboxylic acids is 1. The first-order chi connectivity index (χ1) is 11.6. The Bertz CT molecular complexity index is 674. The molecule has 0 aliphatic rings. The van der Waals surface area contributed by atoms with Crippen LogP contribution in [-0.2, 0) is 11.3 Å². The Morgan fingerprint density at radius 3 is 2.50 bits per heavy atom. The van der Waals surface area contributed by atoms with Crippen LogP contribution in [0, 0.1) is 19.8 Å². The van der Waals surface area contributed by atoms with Gasteiger partial charge in [-0.05, 0) is 60.4 Å². The third-order valence-electron chi connectivity index (χ3n) is 4.33. The number of nitrogens with one attached hydrogen (secondary N) is 1. The molecule has 1 amide bonds. The van der Waals surface area contributed by atoms with Crippen LogP contribution >= 0.6 is 0 Å². The summed E-state index contributed by atoms with van der Waals surface area (Å²) < 4.78 is 1.68. The molecular formula is C18H27N5O. The molecule has 24 heavy (non-hydrogen) atoms. The summed E-state index contributed by atoms with van der Waals surface area (Å²) in [4.78, 5) is 12.4. The van der Waals surface area contributed by atoms with Gasteiger partial charge in [0.15, 0.2) is 5.82 Å². The van der Waals surface area contributed by atoms with Crippen LogP contribution in [0.1, 0.15) is 56.5 Å². The van der Waals surface area contributed by atoms with Gasteiger partial charge in [0.1, 0.15) is 0 Å². The van der Waals surface area contributed by atoms with E-state index in [-0.39, 0.29) is 11.8 Å². The predicted octanol–water partition coefficient (Wildman–Crippen LogP) is 3.11. The molecule has 0 unspecified atom stereocenters. The molecule has 0 bridgehead atoms. The number of aromatic nitrogens is 4. The predicted molar refractivity (Wildman–Crippen MR) is 93.8 cm³/mol. The Kier molecular flexibility index (Phi) is 6.46. The number of aryl methyl sites for hydroxylation is 2. The zero-order valence-electron chi connectivity index (χ0n) is 15.0. The van der Waals surface area contributed by atoms with Crippen molar-refractivity contribution in [2.24, 2.45) is 5.92 Å². The van der Waals surface area contributed by atoms with Crippen molar-refractivity contribution in [3.8, 4) is 5.69 Å². The lowest BCUT2D eigenvalue weighted by Crippen LogP contribution is -2.31. The van der Waals surface area contributed by atoms with E-state index in [2.05, 4.69) is 48.5 Å². The highest BCUT2D eigenvalue weighted by Gasteiger charge is 2.17. The number of amides is 1. The first-order valence-corrected chi connectivity index (χ1v) is 8.69. The monoisotopic (exact) mass is 329 g/mol. The minimum atomic E-state index is 0.0750. The van der Waals surface area contributed by atoms with E-state index in [4.69, 9.17) is 0 Å². The first-order valence-electron chi connectivity index (χ1n) is 8.69. The molecule has 2 rings (SSSR count). The van der Waals surface area contributed by atoms with Crippen molar-refractivity contribution in [3.05, 3.63) is 35.2 Å². The summed E-state index contributed by atoms with van der Waals surface area (Å²) in [6, 6.07) is 6.09. The molecule has 0 atom stereocenters. The lowest BCUT2D eigenvalue weighted by Gasteiger charge is -2.15. The molecule has 1 aromatic heterocycles. The molecule has 0 fully saturated rings. The molecule has 130 valence electrons. The maximum Gasteiger partial charge on any atom is 0.223 e. The van der Waals surface area contributed by atoms with Crippen LogP contribution in [0.3, 0.4) is 0 Å². The fourth-order valence-corrected chi connectivity index (χ4v) is 2.79. The van der Waals surface area contributed by atoms with Crippen LogP contribution in [0.2, 0.25) is 0 Å². The highest BCUT2D eigenvalue weighted by atomic mass is 16.1. The van der Waals surface area contributed by atoms with E-state index in [0.29, 0.717) is 12.4 Å². The Balaban J connectivity index is 2.07. The minimum Gasteiger partial charge on any atom is -0.348 e. The number of hydrogen-bond donors (Lipinski definition) is 1. The van der Waals surface area contributed by atoms with Crippen LogP contribution in [-0.4, -0.2) is 26.1 Å². The summed E-state index contributed by atoms with van der Waals surface area (Å²) in [5, 5.41) is 14.9. The molecule has 0 saturated carbocycles. The third kappa shape index (κ3) is 4.40. The lowest BCUT2D eigenvalue weighted by molar-refractivity contribution is -0.125. The fourth-order valence-electron chi connectivity index (χ4n) is 2.79. The van der Waals surface area contributed by atoms with Gasteiger partial charge >= 0.3 is 0 Å². The van der Waals surface area contributed by atoms with E-state index in [1.54, 1.807) is 4.68 Å². The summed E-state index contributed by atoms with van der Waals surface area (Å²) in [6.07, 6.45) is 3.86. The first kappa shape index (κ1) is 18.1. The maximum absolute atomic E-state index is 12.4. The second-order valence-electron chi connectivity index (χ2n) is 6.27. The van der Waals surface area contributed by atoms with Gasteiger partial charge in [0.2, 0.25) is 5.91 Å². The summed E-state index contributed by atoms with van der Waals surface area (Å²) in [5.74, 6) is 0.803. The molecule has 1 N–H and O–H groups in total. The van der Waals surface area contributed by atoms with Crippen molar-refractivity contribution in [2.45, 2.75) is 59.9 Å². The van der Waals surface area contributed by atoms with E-state index >= 15 is 0 Å². The highest BCUT2D eigenvalue weighted by Crippen LogP contribution is 2.15. The fraction of sp³-hybridized carbons (Fsp3) is 0.556. The molecule has 0 saturated heterocycles. The summed E-state index contributed by atoms with van der Waals surface area (Å²) in [7, 11) is 0. The van der Waals surface area contributed by atoms with Crippen molar-refractivity contribution in [1.82, 2.24) is 25.5 Å². The lowest BCUT2D eigenvalue weighted by atomic mass is 9.97. The summed E-state index contributed by atoms with van der Waals surface area (Å²) >= 11 is 0. The van der Waals surface area contributed by atoms with Gasteiger partial charge in [-0.1, -0.05) is 32.8 Å². The molecule has 6 heteroatoms. The van der Waals surface area contributed by atoms with Crippen molar-refractivity contribution < 1.29 is 4.79 Å². The van der Waals surface area contributed by atoms with Gasteiger partial charge in [-0.3, -0.25) is 4.79 Å². The van der Waals surface area contributed by atoms with E-state index in [0.717, 1.165) is 31.4 Å². The second-order valence-corrected chi connectivity index (χ2v) is 6.27. The van der Waals surface area contributed by atoms with E-state index in [9.17, 15) is 4.79 Å². The Labute approximate surface area is 143 Å². The maximum atomic E-state index is 12.4. The molecule has 0 aliphatic heterocycles. The number of hydrogen-bond acceptors (Lipinski definition) is 4. The molecule has 0 aliphatic carbocycles. The van der Waals surface area contributed by atoms with Gasteiger partial charge in [0.25, 0.3) is 0 Å². The molecule has 6 nitrogen and oxygen atoms in total. The quantitative estimate of drug-likeness (QED) is 0.807. The van der Waals surface area contributed by atoms with Gasteiger partial charge in [0.05, 0.1) is 12.2 Å².